The summed E-state index contributed by atoms with van der Waals surface area (Å²) in [6.45, 7) is 3.81. The summed E-state index contributed by atoms with van der Waals surface area (Å²) in [5.41, 5.74) is 3.83. The summed E-state index contributed by atoms with van der Waals surface area (Å²) in [4.78, 5) is 27.6. The Morgan fingerprint density at radius 1 is 1.10 bits per heavy atom. The number of urea groups is 1. The third kappa shape index (κ3) is 5.83. The number of hydrogen-bond acceptors (Lipinski definition) is 4. The fraction of sp³-hybridized carbons (Fsp3) is 0.190. The molecule has 0 saturated carbocycles. The summed E-state index contributed by atoms with van der Waals surface area (Å²) < 4.78 is 5.51. The van der Waals surface area contributed by atoms with Crippen LogP contribution >= 0.6 is 11.6 Å². The second-order valence-electron chi connectivity index (χ2n) is 6.52. The van der Waals surface area contributed by atoms with E-state index in [0.717, 1.165) is 11.3 Å². The molecular weight excluding hydrogens is 392 g/mol. The predicted octanol–water partition coefficient (Wildman–Crippen LogP) is 4.63. The van der Waals surface area contributed by atoms with Crippen molar-refractivity contribution in [1.29, 1.82) is 0 Å². The van der Waals surface area contributed by atoms with Crippen molar-refractivity contribution in [1.82, 2.24) is 10.3 Å². The molecule has 0 unspecified atom stereocenters. The van der Waals surface area contributed by atoms with Crippen molar-refractivity contribution in [3.05, 3.63) is 65.0 Å². The quantitative estimate of drug-likeness (QED) is 0.550. The van der Waals surface area contributed by atoms with Gasteiger partial charge < -0.3 is 20.4 Å². The second kappa shape index (κ2) is 9.25. The number of amides is 3. The van der Waals surface area contributed by atoms with Crippen LogP contribution in [0.15, 0.2) is 53.1 Å². The lowest BCUT2D eigenvalue weighted by molar-refractivity contribution is -0.114. The molecule has 0 aliphatic carbocycles. The Labute approximate surface area is 173 Å². The predicted molar refractivity (Wildman–Crippen MR) is 113 cm³/mol. The van der Waals surface area contributed by atoms with Gasteiger partial charge in [-0.05, 0) is 37.3 Å². The van der Waals surface area contributed by atoms with Gasteiger partial charge in [-0.15, -0.1) is 0 Å². The van der Waals surface area contributed by atoms with Crippen LogP contribution in [-0.2, 0) is 11.2 Å². The van der Waals surface area contributed by atoms with E-state index < -0.39 is 0 Å². The number of carbonyl (C=O) groups excluding carboxylic acids is 2. The van der Waals surface area contributed by atoms with Crippen LogP contribution in [0.4, 0.5) is 16.2 Å². The molecule has 3 rings (SSSR count). The third-order valence-corrected chi connectivity index (χ3v) is 4.37. The van der Waals surface area contributed by atoms with E-state index in [1.165, 1.54) is 12.5 Å². The average Bonchev–Trinajstić information content (AvgIpc) is 3.13. The van der Waals surface area contributed by atoms with E-state index in [-0.39, 0.29) is 11.9 Å². The molecule has 0 atom stereocenters. The number of carbonyl (C=O) groups is 2. The van der Waals surface area contributed by atoms with Gasteiger partial charge in [0.2, 0.25) is 11.8 Å². The topological polar surface area (TPSA) is 96.3 Å². The summed E-state index contributed by atoms with van der Waals surface area (Å²) in [6, 6.07) is 12.4. The first-order valence-electron chi connectivity index (χ1n) is 9.04. The van der Waals surface area contributed by atoms with Gasteiger partial charge in [-0.3, -0.25) is 4.79 Å². The highest BCUT2D eigenvalue weighted by molar-refractivity contribution is 6.34. The van der Waals surface area contributed by atoms with E-state index in [4.69, 9.17) is 16.0 Å². The normalized spacial score (nSPS) is 10.4. The molecule has 0 fully saturated rings. The van der Waals surface area contributed by atoms with Crippen LogP contribution in [0.2, 0.25) is 5.02 Å². The largest absolute Gasteiger partial charge is 0.444 e. The van der Waals surface area contributed by atoms with Crippen molar-refractivity contribution in [2.75, 3.05) is 17.2 Å². The summed E-state index contributed by atoms with van der Waals surface area (Å²) in [5, 5.41) is 8.38. The molecule has 0 saturated heterocycles. The van der Waals surface area contributed by atoms with Gasteiger partial charge in [0, 0.05) is 31.1 Å². The van der Waals surface area contributed by atoms with Gasteiger partial charge in [-0.1, -0.05) is 29.3 Å². The van der Waals surface area contributed by atoms with E-state index in [2.05, 4.69) is 20.9 Å². The lowest BCUT2D eigenvalue weighted by Gasteiger charge is -2.10. The molecule has 1 aromatic heterocycles. The minimum atomic E-state index is -0.388. The first kappa shape index (κ1) is 20.4. The minimum Gasteiger partial charge on any atom is -0.444 e. The van der Waals surface area contributed by atoms with Gasteiger partial charge in [0.05, 0.1) is 16.4 Å². The number of halogens is 1. The molecule has 150 valence electrons. The van der Waals surface area contributed by atoms with Crippen LogP contribution in [0.25, 0.3) is 11.5 Å². The van der Waals surface area contributed by atoms with Crippen molar-refractivity contribution in [2.24, 2.45) is 0 Å². The highest BCUT2D eigenvalue weighted by Gasteiger charge is 2.09. The number of aryl methyl sites for hydroxylation is 1. The molecule has 2 aromatic carbocycles. The van der Waals surface area contributed by atoms with Crippen LogP contribution in [0.1, 0.15) is 18.2 Å². The summed E-state index contributed by atoms with van der Waals surface area (Å²) in [5.74, 6) is 0.355. The van der Waals surface area contributed by atoms with Crippen LogP contribution in [0, 0.1) is 6.92 Å². The van der Waals surface area contributed by atoms with Crippen LogP contribution in [0.3, 0.4) is 0 Å². The Morgan fingerprint density at radius 2 is 1.86 bits per heavy atom. The number of oxazole rings is 1. The van der Waals surface area contributed by atoms with Crippen LogP contribution in [-0.4, -0.2) is 23.5 Å². The van der Waals surface area contributed by atoms with Gasteiger partial charge in [0.25, 0.3) is 0 Å². The number of nitrogens with zero attached hydrogens (tertiary/aromatic N) is 1. The first-order valence-corrected chi connectivity index (χ1v) is 9.42. The van der Waals surface area contributed by atoms with E-state index in [0.29, 0.717) is 35.3 Å². The van der Waals surface area contributed by atoms with E-state index in [1.54, 1.807) is 24.5 Å². The van der Waals surface area contributed by atoms with Gasteiger partial charge >= 0.3 is 6.03 Å². The molecule has 7 nitrogen and oxygen atoms in total. The Hall–Kier alpha value is -3.32. The zero-order valence-electron chi connectivity index (χ0n) is 16.1. The fourth-order valence-corrected chi connectivity index (χ4v) is 2.85. The van der Waals surface area contributed by atoms with Gasteiger partial charge in [0.15, 0.2) is 0 Å². The number of rotatable bonds is 6. The Bertz CT molecular complexity index is 1020. The summed E-state index contributed by atoms with van der Waals surface area (Å²) in [7, 11) is 0. The van der Waals surface area contributed by atoms with E-state index in [9.17, 15) is 9.59 Å². The monoisotopic (exact) mass is 412 g/mol. The lowest BCUT2D eigenvalue weighted by Crippen LogP contribution is -2.30. The van der Waals surface area contributed by atoms with Crippen molar-refractivity contribution in [3.8, 4) is 11.5 Å². The number of benzene rings is 2. The molecule has 8 heteroatoms. The van der Waals surface area contributed by atoms with Gasteiger partial charge in [-0.25, -0.2) is 9.78 Å². The fourth-order valence-electron chi connectivity index (χ4n) is 2.62. The highest BCUT2D eigenvalue weighted by Crippen LogP contribution is 2.25. The maximum atomic E-state index is 12.1. The van der Waals surface area contributed by atoms with Crippen LogP contribution in [0.5, 0.6) is 0 Å². The highest BCUT2D eigenvalue weighted by atomic mass is 35.5. The van der Waals surface area contributed by atoms with Crippen molar-refractivity contribution in [3.63, 3.8) is 0 Å². The average molecular weight is 413 g/mol. The molecule has 0 bridgehead atoms. The maximum absolute atomic E-state index is 12.1. The molecule has 3 amide bonds. The Kier molecular flexibility index (Phi) is 6.51. The molecule has 3 aromatic rings. The number of aromatic nitrogens is 1. The van der Waals surface area contributed by atoms with Gasteiger partial charge in [0.1, 0.15) is 6.26 Å². The first-order chi connectivity index (χ1) is 13.9. The SMILES string of the molecule is CC(=O)Nc1ccc(NC(=O)NCCc2coc(-c3ccc(C)cc3)n2)c(Cl)c1. The van der Waals surface area contributed by atoms with Crippen molar-refractivity contribution in [2.45, 2.75) is 20.3 Å². The number of nitrogens with one attached hydrogen (secondary N) is 3. The maximum Gasteiger partial charge on any atom is 0.319 e. The number of anilines is 2. The van der Waals surface area contributed by atoms with Crippen molar-refractivity contribution >= 4 is 34.9 Å². The zero-order valence-corrected chi connectivity index (χ0v) is 16.8. The molecule has 0 aliphatic heterocycles. The molecule has 0 radical (unpaired) electrons. The molecule has 1 heterocycles. The molecule has 3 N–H and O–H groups in total. The molecular formula is C21H21ClN4O3. The van der Waals surface area contributed by atoms with Crippen molar-refractivity contribution < 1.29 is 14.0 Å². The third-order valence-electron chi connectivity index (χ3n) is 4.05. The second-order valence-corrected chi connectivity index (χ2v) is 6.92. The standard InChI is InChI=1S/C21H21ClN4O3/c1-13-3-5-15(6-4-13)20-25-17(12-29-20)9-10-23-21(28)26-19-8-7-16(11-18(19)22)24-14(2)27/h3-8,11-12H,9-10H2,1-2H3,(H,24,27)(H2,23,26,28). The Balaban J connectivity index is 1.49. The Morgan fingerprint density at radius 3 is 2.55 bits per heavy atom. The summed E-state index contributed by atoms with van der Waals surface area (Å²) >= 11 is 6.14. The molecule has 0 aliphatic rings. The zero-order chi connectivity index (χ0) is 20.8. The van der Waals surface area contributed by atoms with Gasteiger partial charge in [-0.2, -0.15) is 0 Å². The smallest absolute Gasteiger partial charge is 0.319 e. The lowest BCUT2D eigenvalue weighted by atomic mass is 10.1. The van der Waals surface area contributed by atoms with E-state index in [1.807, 2.05) is 31.2 Å². The molecule has 0 spiro atoms. The van der Waals surface area contributed by atoms with Crippen LogP contribution < -0.4 is 16.0 Å². The summed E-state index contributed by atoms with van der Waals surface area (Å²) in [6.07, 6.45) is 2.12. The minimum absolute atomic E-state index is 0.196. The molecule has 29 heavy (non-hydrogen) atoms. The van der Waals surface area contributed by atoms with E-state index >= 15 is 0 Å². The number of hydrogen-bond donors (Lipinski definition) is 3.